The summed E-state index contributed by atoms with van der Waals surface area (Å²) >= 11 is 5.97. The lowest BCUT2D eigenvalue weighted by molar-refractivity contribution is -0.385. The Morgan fingerprint density at radius 2 is 2.21 bits per heavy atom. The number of Topliss-reactive ketones (excluding diaryl/α,β-unsaturated/α-hetero) is 1. The van der Waals surface area contributed by atoms with Crippen molar-refractivity contribution in [3.63, 3.8) is 0 Å². The second-order valence-electron chi connectivity index (χ2n) is 2.47. The van der Waals surface area contributed by atoms with Crippen LogP contribution < -0.4 is 0 Å². The molecule has 0 aliphatic rings. The van der Waals surface area contributed by atoms with Crippen molar-refractivity contribution in [2.75, 3.05) is 0 Å². The van der Waals surface area contributed by atoms with Gasteiger partial charge in [-0.1, -0.05) is 31.9 Å². The Balaban J connectivity index is 3.09. The molecule has 0 N–H and O–H groups in total. The number of nitro groups is 1. The van der Waals surface area contributed by atoms with E-state index in [0.717, 1.165) is 6.07 Å². The van der Waals surface area contributed by atoms with Crippen LogP contribution in [0.25, 0.3) is 0 Å². The highest BCUT2D eigenvalue weighted by Gasteiger charge is 2.24. The van der Waals surface area contributed by atoms with Crippen molar-refractivity contribution in [3.8, 4) is 0 Å². The van der Waals surface area contributed by atoms with Gasteiger partial charge in [0.25, 0.3) is 0 Å². The van der Waals surface area contributed by atoms with Gasteiger partial charge in [-0.3, -0.25) is 14.9 Å². The third kappa shape index (κ3) is 2.21. The molecule has 1 rings (SSSR count). The molecule has 14 heavy (non-hydrogen) atoms. The standard InChI is InChI=1S/C7H5Br2NO4/c1-3-4(10(12)13)2-5(14-3)6(11)7(8)9/h2,7H,1H3. The van der Waals surface area contributed by atoms with E-state index in [1.165, 1.54) is 6.92 Å². The van der Waals surface area contributed by atoms with Crippen molar-refractivity contribution >= 4 is 43.3 Å². The van der Waals surface area contributed by atoms with Gasteiger partial charge in [0, 0.05) is 6.92 Å². The summed E-state index contributed by atoms with van der Waals surface area (Å²) in [5.74, 6) is -0.298. The monoisotopic (exact) mass is 325 g/mol. The third-order valence-corrected chi connectivity index (χ3v) is 2.36. The zero-order valence-corrected chi connectivity index (χ0v) is 10.2. The highest BCUT2D eigenvalue weighted by molar-refractivity contribution is 9.25. The van der Waals surface area contributed by atoms with E-state index in [0.29, 0.717) is 0 Å². The summed E-state index contributed by atoms with van der Waals surface area (Å²) in [6.07, 6.45) is 0. The van der Waals surface area contributed by atoms with Crippen LogP contribution in [0.5, 0.6) is 0 Å². The highest BCUT2D eigenvalue weighted by Crippen LogP contribution is 2.25. The van der Waals surface area contributed by atoms with Crippen molar-refractivity contribution in [1.29, 1.82) is 0 Å². The van der Waals surface area contributed by atoms with Crippen LogP contribution in [0.3, 0.4) is 0 Å². The minimum Gasteiger partial charge on any atom is -0.451 e. The zero-order valence-electron chi connectivity index (χ0n) is 6.99. The van der Waals surface area contributed by atoms with Crippen molar-refractivity contribution in [2.24, 2.45) is 0 Å². The molecule has 0 fully saturated rings. The van der Waals surface area contributed by atoms with E-state index in [2.05, 4.69) is 31.9 Å². The summed E-state index contributed by atoms with van der Waals surface area (Å²) < 4.78 is 4.35. The van der Waals surface area contributed by atoms with Crippen molar-refractivity contribution in [2.45, 2.75) is 10.7 Å². The first-order valence-electron chi connectivity index (χ1n) is 3.50. The van der Waals surface area contributed by atoms with E-state index < -0.39 is 8.66 Å². The normalized spacial score (nSPS) is 10.6. The van der Waals surface area contributed by atoms with E-state index in [1.807, 2.05) is 0 Å². The van der Waals surface area contributed by atoms with Gasteiger partial charge in [0.05, 0.1) is 11.0 Å². The average Bonchev–Trinajstić information content (AvgIpc) is 2.45. The first-order valence-corrected chi connectivity index (χ1v) is 5.33. The molecular formula is C7H5Br2NO4. The van der Waals surface area contributed by atoms with Gasteiger partial charge in [0.1, 0.15) is 3.74 Å². The average molecular weight is 327 g/mol. The van der Waals surface area contributed by atoms with E-state index in [9.17, 15) is 14.9 Å². The van der Waals surface area contributed by atoms with E-state index in [-0.39, 0.29) is 23.0 Å². The van der Waals surface area contributed by atoms with Gasteiger partial charge >= 0.3 is 5.69 Å². The lowest BCUT2D eigenvalue weighted by Crippen LogP contribution is -2.05. The molecule has 76 valence electrons. The van der Waals surface area contributed by atoms with E-state index >= 15 is 0 Å². The predicted molar refractivity (Wildman–Crippen MR) is 56.1 cm³/mol. The Kier molecular flexibility index (Phi) is 3.43. The number of ketones is 1. The molecule has 1 heterocycles. The molecule has 0 spiro atoms. The van der Waals surface area contributed by atoms with Gasteiger partial charge in [0.15, 0.2) is 11.5 Å². The predicted octanol–water partition coefficient (Wildman–Crippen LogP) is 2.79. The van der Waals surface area contributed by atoms with Crippen LogP contribution in [0, 0.1) is 17.0 Å². The second kappa shape index (κ2) is 4.22. The summed E-state index contributed by atoms with van der Waals surface area (Å²) in [5.41, 5.74) is -0.186. The summed E-state index contributed by atoms with van der Waals surface area (Å²) in [6.45, 7) is 1.44. The largest absolute Gasteiger partial charge is 0.451 e. The Labute approximate surface area is 95.9 Å². The summed E-state index contributed by atoms with van der Waals surface area (Å²) in [4.78, 5) is 21.2. The number of carbonyl (C=O) groups excluding carboxylic acids is 1. The molecule has 5 nitrogen and oxygen atoms in total. The SMILES string of the molecule is Cc1oc(C(=O)C(Br)Br)cc1[N+](=O)[O-]. The number of furan rings is 1. The summed E-state index contributed by atoms with van der Waals surface area (Å²) in [7, 11) is 0. The molecule has 7 heteroatoms. The Hall–Kier alpha value is -0.690. The van der Waals surface area contributed by atoms with Gasteiger partial charge in [-0.15, -0.1) is 0 Å². The smallest absolute Gasteiger partial charge is 0.310 e. The molecule has 0 radical (unpaired) electrons. The van der Waals surface area contributed by atoms with E-state index in [4.69, 9.17) is 4.42 Å². The van der Waals surface area contributed by atoms with Gasteiger partial charge in [0.2, 0.25) is 5.78 Å². The molecule has 0 saturated carbocycles. The molecule has 0 atom stereocenters. The molecule has 0 aromatic carbocycles. The summed E-state index contributed by atoms with van der Waals surface area (Å²) in [6, 6.07) is 1.12. The molecule has 0 bridgehead atoms. The number of alkyl halides is 2. The maximum atomic E-state index is 11.3. The maximum Gasteiger partial charge on any atom is 0.310 e. The Morgan fingerprint density at radius 1 is 1.64 bits per heavy atom. The van der Waals surface area contributed by atoms with Crippen LogP contribution in [0.2, 0.25) is 0 Å². The minimum atomic E-state index is -0.597. The first kappa shape index (κ1) is 11.4. The molecular weight excluding hydrogens is 322 g/mol. The number of nitrogens with zero attached hydrogens (tertiary/aromatic N) is 1. The Morgan fingerprint density at radius 3 is 2.57 bits per heavy atom. The zero-order chi connectivity index (χ0) is 10.9. The van der Waals surface area contributed by atoms with Crippen LogP contribution in [0.1, 0.15) is 16.3 Å². The lowest BCUT2D eigenvalue weighted by atomic mass is 10.3. The number of halogens is 2. The Bertz CT molecular complexity index is 385. The van der Waals surface area contributed by atoms with Crippen molar-refractivity contribution in [1.82, 2.24) is 0 Å². The molecule has 1 aromatic heterocycles. The fourth-order valence-corrected chi connectivity index (χ4v) is 1.33. The van der Waals surface area contributed by atoms with Gasteiger partial charge < -0.3 is 4.42 Å². The second-order valence-corrected chi connectivity index (χ2v) is 5.53. The first-order chi connectivity index (χ1) is 6.43. The third-order valence-electron chi connectivity index (χ3n) is 1.53. The van der Waals surface area contributed by atoms with Gasteiger partial charge in [-0.2, -0.15) is 0 Å². The molecule has 1 aromatic rings. The summed E-state index contributed by atoms with van der Waals surface area (Å²) in [5, 5.41) is 10.4. The van der Waals surface area contributed by atoms with Gasteiger partial charge in [-0.25, -0.2) is 0 Å². The van der Waals surface area contributed by atoms with Crippen LogP contribution >= 0.6 is 31.9 Å². The van der Waals surface area contributed by atoms with E-state index in [1.54, 1.807) is 0 Å². The number of carbonyl (C=O) groups is 1. The maximum absolute atomic E-state index is 11.3. The molecule has 0 aliphatic heterocycles. The topological polar surface area (TPSA) is 73.3 Å². The van der Waals surface area contributed by atoms with Crippen LogP contribution in [-0.2, 0) is 0 Å². The molecule has 0 unspecified atom stereocenters. The van der Waals surface area contributed by atoms with Gasteiger partial charge in [-0.05, 0) is 0 Å². The quantitative estimate of drug-likeness (QED) is 0.370. The number of aryl methyl sites for hydroxylation is 1. The minimum absolute atomic E-state index is 0.0343. The van der Waals surface area contributed by atoms with Crippen molar-refractivity contribution < 1.29 is 14.1 Å². The highest BCUT2D eigenvalue weighted by atomic mass is 79.9. The molecule has 0 aliphatic carbocycles. The molecule has 0 amide bonds. The fraction of sp³-hybridized carbons (Fsp3) is 0.286. The fourth-order valence-electron chi connectivity index (χ4n) is 0.883. The van der Waals surface area contributed by atoms with Crippen LogP contribution in [0.15, 0.2) is 10.5 Å². The lowest BCUT2D eigenvalue weighted by Gasteiger charge is -1.94. The number of hydrogen-bond acceptors (Lipinski definition) is 4. The molecule has 0 saturated heterocycles. The van der Waals surface area contributed by atoms with Crippen LogP contribution in [0.4, 0.5) is 5.69 Å². The van der Waals surface area contributed by atoms with Crippen molar-refractivity contribution in [3.05, 3.63) is 27.7 Å². The number of hydrogen-bond donors (Lipinski definition) is 0. The number of rotatable bonds is 3. The van der Waals surface area contributed by atoms with Crippen LogP contribution in [-0.4, -0.2) is 14.4 Å².